The van der Waals surface area contributed by atoms with Gasteiger partial charge in [-0.25, -0.2) is 9.67 Å². The van der Waals surface area contributed by atoms with Crippen molar-refractivity contribution in [3.63, 3.8) is 0 Å². The molecule has 0 bridgehead atoms. The Bertz CT molecular complexity index is 1260. The standard InChI is InChI=1S/C24H26N8O2/c1-33-22-16-21(31-11-13-34-14-12-31)17(25)15-19(22)29-24-26-9-7-23(30-24)28-18-5-2-3-6-20(18)32-10-4-8-27-32/h2-10,15-16H,11-14,25H2,1H3,(H2,26,28,29,30). The van der Waals surface area contributed by atoms with E-state index in [9.17, 15) is 0 Å². The maximum absolute atomic E-state index is 6.39. The molecule has 0 radical (unpaired) electrons. The number of rotatable bonds is 7. The van der Waals surface area contributed by atoms with Gasteiger partial charge in [0.25, 0.3) is 0 Å². The van der Waals surface area contributed by atoms with E-state index in [1.807, 2.05) is 48.7 Å². The first kappa shape index (κ1) is 21.5. The number of nitrogens with one attached hydrogen (secondary N) is 2. The third-order valence-electron chi connectivity index (χ3n) is 5.52. The molecule has 10 heteroatoms. The number of nitrogen functional groups attached to an aromatic ring is 1. The first-order chi connectivity index (χ1) is 16.7. The van der Waals surface area contributed by atoms with Gasteiger partial charge in [-0.3, -0.25) is 0 Å². The van der Waals surface area contributed by atoms with Crippen molar-refractivity contribution < 1.29 is 9.47 Å². The molecule has 5 rings (SSSR count). The summed E-state index contributed by atoms with van der Waals surface area (Å²) in [6.07, 6.45) is 5.32. The van der Waals surface area contributed by atoms with Crippen LogP contribution in [0.5, 0.6) is 5.75 Å². The topological polar surface area (TPSA) is 115 Å². The van der Waals surface area contributed by atoms with Crippen LogP contribution in [-0.4, -0.2) is 53.2 Å². The van der Waals surface area contributed by atoms with Crippen molar-refractivity contribution in [2.45, 2.75) is 0 Å². The number of ether oxygens (including phenoxy) is 2. The van der Waals surface area contributed by atoms with Crippen LogP contribution in [0.2, 0.25) is 0 Å². The second kappa shape index (κ2) is 9.67. The maximum Gasteiger partial charge on any atom is 0.229 e. The Morgan fingerprint density at radius 1 is 0.971 bits per heavy atom. The smallest absolute Gasteiger partial charge is 0.229 e. The molecule has 2 aromatic heterocycles. The third-order valence-corrected chi connectivity index (χ3v) is 5.52. The summed E-state index contributed by atoms with van der Waals surface area (Å²) in [4.78, 5) is 11.2. The van der Waals surface area contributed by atoms with Gasteiger partial charge in [0.2, 0.25) is 5.95 Å². The van der Waals surface area contributed by atoms with Gasteiger partial charge in [0.15, 0.2) is 0 Å². The zero-order valence-electron chi connectivity index (χ0n) is 18.8. The molecule has 1 aliphatic heterocycles. The van der Waals surface area contributed by atoms with Crippen LogP contribution in [0.4, 0.5) is 34.5 Å². The van der Waals surface area contributed by atoms with Crippen LogP contribution in [0, 0.1) is 0 Å². The Kier molecular flexibility index (Phi) is 6.13. The average molecular weight is 459 g/mol. The van der Waals surface area contributed by atoms with E-state index in [-0.39, 0.29) is 0 Å². The Balaban J connectivity index is 1.38. The molecule has 0 atom stereocenters. The number of nitrogens with zero attached hydrogens (tertiary/aromatic N) is 5. The number of anilines is 6. The van der Waals surface area contributed by atoms with E-state index in [2.05, 4.69) is 30.6 Å². The fourth-order valence-electron chi connectivity index (χ4n) is 3.87. The number of hydrogen-bond acceptors (Lipinski definition) is 9. The summed E-state index contributed by atoms with van der Waals surface area (Å²) in [5, 5.41) is 10.9. The van der Waals surface area contributed by atoms with E-state index < -0.39 is 0 Å². The number of hydrogen-bond donors (Lipinski definition) is 3. The van der Waals surface area contributed by atoms with Crippen LogP contribution in [0.1, 0.15) is 0 Å². The van der Waals surface area contributed by atoms with Gasteiger partial charge in [-0.05, 0) is 30.3 Å². The molecule has 4 aromatic rings. The van der Waals surface area contributed by atoms with Crippen LogP contribution < -0.4 is 26.0 Å². The van der Waals surface area contributed by atoms with E-state index in [0.29, 0.717) is 42.1 Å². The van der Waals surface area contributed by atoms with Crippen LogP contribution >= 0.6 is 0 Å². The summed E-state index contributed by atoms with van der Waals surface area (Å²) in [5.74, 6) is 1.70. The van der Waals surface area contributed by atoms with E-state index >= 15 is 0 Å². The second-order valence-corrected chi connectivity index (χ2v) is 7.69. The van der Waals surface area contributed by atoms with Crippen LogP contribution in [-0.2, 0) is 4.74 Å². The molecule has 0 spiro atoms. The van der Waals surface area contributed by atoms with Gasteiger partial charge in [-0.15, -0.1) is 0 Å². The van der Waals surface area contributed by atoms with Gasteiger partial charge in [-0.1, -0.05) is 12.1 Å². The van der Waals surface area contributed by atoms with Crippen LogP contribution in [0.25, 0.3) is 5.69 Å². The minimum absolute atomic E-state index is 0.415. The lowest BCUT2D eigenvalue weighted by atomic mass is 10.2. The van der Waals surface area contributed by atoms with E-state index in [0.717, 1.165) is 30.2 Å². The predicted molar refractivity (Wildman–Crippen MR) is 133 cm³/mol. The Hall–Kier alpha value is -4.31. The third kappa shape index (κ3) is 4.57. The minimum atomic E-state index is 0.415. The molecule has 34 heavy (non-hydrogen) atoms. The summed E-state index contributed by atoms with van der Waals surface area (Å²) in [5.41, 5.74) is 10.4. The predicted octanol–water partition coefficient (Wildman–Crippen LogP) is 3.58. The zero-order chi connectivity index (χ0) is 23.3. The fourth-order valence-corrected chi connectivity index (χ4v) is 3.87. The molecule has 4 N–H and O–H groups in total. The van der Waals surface area contributed by atoms with E-state index in [1.165, 1.54) is 0 Å². The van der Waals surface area contributed by atoms with Crippen molar-refractivity contribution in [2.75, 3.05) is 54.7 Å². The molecule has 0 aliphatic carbocycles. The van der Waals surface area contributed by atoms with Crippen molar-refractivity contribution in [2.24, 2.45) is 0 Å². The molecule has 3 heterocycles. The van der Waals surface area contributed by atoms with Crippen molar-refractivity contribution in [1.82, 2.24) is 19.7 Å². The van der Waals surface area contributed by atoms with Crippen molar-refractivity contribution in [3.05, 3.63) is 67.1 Å². The highest BCUT2D eigenvalue weighted by molar-refractivity contribution is 5.79. The zero-order valence-corrected chi connectivity index (χ0v) is 18.8. The molecule has 0 amide bonds. The van der Waals surface area contributed by atoms with Crippen LogP contribution in [0.3, 0.4) is 0 Å². The van der Waals surface area contributed by atoms with Crippen molar-refractivity contribution in [1.29, 1.82) is 0 Å². The highest BCUT2D eigenvalue weighted by Gasteiger charge is 2.17. The van der Waals surface area contributed by atoms with E-state index in [4.69, 9.17) is 15.2 Å². The fraction of sp³-hybridized carbons (Fsp3) is 0.208. The second-order valence-electron chi connectivity index (χ2n) is 7.69. The van der Waals surface area contributed by atoms with Gasteiger partial charge in [-0.2, -0.15) is 10.1 Å². The van der Waals surface area contributed by atoms with Gasteiger partial charge in [0.05, 0.1) is 48.8 Å². The normalized spacial score (nSPS) is 13.5. The number of methoxy groups -OCH3 is 1. The maximum atomic E-state index is 6.39. The lowest BCUT2D eigenvalue weighted by Gasteiger charge is -2.30. The first-order valence-electron chi connectivity index (χ1n) is 11.0. The molecule has 1 saturated heterocycles. The molecule has 0 unspecified atom stereocenters. The van der Waals surface area contributed by atoms with Crippen LogP contribution in [0.15, 0.2) is 67.1 Å². The van der Waals surface area contributed by atoms with Gasteiger partial charge in [0, 0.05) is 37.7 Å². The highest BCUT2D eigenvalue weighted by Crippen LogP contribution is 2.37. The minimum Gasteiger partial charge on any atom is -0.494 e. The quantitative estimate of drug-likeness (QED) is 0.357. The van der Waals surface area contributed by atoms with E-state index in [1.54, 1.807) is 30.3 Å². The highest BCUT2D eigenvalue weighted by atomic mass is 16.5. The summed E-state index contributed by atoms with van der Waals surface area (Å²) in [6, 6.07) is 15.3. The Morgan fingerprint density at radius 2 is 1.82 bits per heavy atom. The van der Waals surface area contributed by atoms with Gasteiger partial charge in [0.1, 0.15) is 11.6 Å². The molecule has 2 aromatic carbocycles. The molecule has 174 valence electrons. The summed E-state index contributed by atoms with van der Waals surface area (Å²) < 4.78 is 12.9. The average Bonchev–Trinajstić information content (AvgIpc) is 3.40. The molecule has 0 saturated carbocycles. The van der Waals surface area contributed by atoms with Gasteiger partial charge >= 0.3 is 0 Å². The van der Waals surface area contributed by atoms with Crippen molar-refractivity contribution >= 4 is 34.5 Å². The summed E-state index contributed by atoms with van der Waals surface area (Å²) in [6.45, 7) is 2.94. The molecular formula is C24H26N8O2. The molecule has 1 aliphatic rings. The SMILES string of the molecule is COc1cc(N2CCOCC2)c(N)cc1Nc1nccc(Nc2ccccc2-n2cccn2)n1. The Morgan fingerprint density at radius 3 is 2.62 bits per heavy atom. The Labute approximate surface area is 197 Å². The number of morpholine rings is 1. The van der Waals surface area contributed by atoms with Gasteiger partial charge < -0.3 is 30.7 Å². The van der Waals surface area contributed by atoms with Crippen molar-refractivity contribution in [3.8, 4) is 11.4 Å². The lowest BCUT2D eigenvalue weighted by Crippen LogP contribution is -2.36. The molecule has 1 fully saturated rings. The largest absolute Gasteiger partial charge is 0.494 e. The summed E-state index contributed by atoms with van der Waals surface area (Å²) in [7, 11) is 1.63. The monoisotopic (exact) mass is 458 g/mol. The summed E-state index contributed by atoms with van der Waals surface area (Å²) >= 11 is 0. The first-order valence-corrected chi connectivity index (χ1v) is 11.0. The number of benzene rings is 2. The number of nitrogens with two attached hydrogens (primary N) is 1. The lowest BCUT2D eigenvalue weighted by molar-refractivity contribution is 0.123. The number of para-hydroxylation sites is 2. The molecular weight excluding hydrogens is 432 g/mol. The molecule has 10 nitrogen and oxygen atoms in total. The number of aromatic nitrogens is 4.